The van der Waals surface area contributed by atoms with Crippen molar-refractivity contribution >= 4 is 17.4 Å². The third-order valence-corrected chi connectivity index (χ3v) is 5.64. The van der Waals surface area contributed by atoms with Gasteiger partial charge in [0.1, 0.15) is 5.82 Å². The SMILES string of the molecule is C[C@H](C(=O)N1c2ccccc2C[C@@H]1C)N1CCN(c2ccccn2)CC1. The molecule has 1 aromatic carbocycles. The van der Waals surface area contributed by atoms with Gasteiger partial charge in [-0.25, -0.2) is 4.98 Å². The van der Waals surface area contributed by atoms with Crippen LogP contribution in [0.5, 0.6) is 0 Å². The molecule has 3 heterocycles. The molecule has 2 aliphatic rings. The molecule has 4 rings (SSSR count). The molecular weight excluding hydrogens is 324 g/mol. The van der Waals surface area contributed by atoms with Crippen LogP contribution in [0.3, 0.4) is 0 Å². The number of rotatable bonds is 3. The number of amides is 1. The highest BCUT2D eigenvalue weighted by Crippen LogP contribution is 2.32. The first-order valence-electron chi connectivity index (χ1n) is 9.46. The molecule has 0 radical (unpaired) electrons. The van der Waals surface area contributed by atoms with Crippen LogP contribution in [0.4, 0.5) is 11.5 Å². The van der Waals surface area contributed by atoms with Crippen molar-refractivity contribution in [2.75, 3.05) is 36.0 Å². The molecule has 5 nitrogen and oxygen atoms in total. The molecule has 26 heavy (non-hydrogen) atoms. The van der Waals surface area contributed by atoms with Crippen molar-refractivity contribution in [1.82, 2.24) is 9.88 Å². The number of benzene rings is 1. The summed E-state index contributed by atoms with van der Waals surface area (Å²) in [5.41, 5.74) is 2.37. The molecule has 1 saturated heterocycles. The first kappa shape index (κ1) is 17.0. The number of carbonyl (C=O) groups is 1. The Morgan fingerprint density at radius 2 is 1.81 bits per heavy atom. The van der Waals surface area contributed by atoms with Crippen LogP contribution in [0.15, 0.2) is 48.7 Å². The summed E-state index contributed by atoms with van der Waals surface area (Å²) >= 11 is 0. The van der Waals surface area contributed by atoms with Crippen LogP contribution >= 0.6 is 0 Å². The molecule has 0 unspecified atom stereocenters. The summed E-state index contributed by atoms with van der Waals surface area (Å²) in [4.78, 5) is 24.3. The molecule has 5 heteroatoms. The summed E-state index contributed by atoms with van der Waals surface area (Å²) in [6.45, 7) is 7.76. The predicted molar refractivity (Wildman–Crippen MR) is 105 cm³/mol. The number of carbonyl (C=O) groups excluding carboxylic acids is 1. The van der Waals surface area contributed by atoms with E-state index in [9.17, 15) is 4.79 Å². The highest BCUT2D eigenvalue weighted by molar-refractivity contribution is 5.99. The van der Waals surface area contributed by atoms with Gasteiger partial charge in [0.15, 0.2) is 0 Å². The van der Waals surface area contributed by atoms with Crippen LogP contribution in [0.2, 0.25) is 0 Å². The normalized spacial score (nSPS) is 21.5. The fourth-order valence-corrected chi connectivity index (χ4v) is 4.14. The van der Waals surface area contributed by atoms with Gasteiger partial charge in [-0.2, -0.15) is 0 Å². The van der Waals surface area contributed by atoms with Gasteiger partial charge in [-0.05, 0) is 44.0 Å². The largest absolute Gasteiger partial charge is 0.354 e. The number of anilines is 2. The van der Waals surface area contributed by atoms with Crippen LogP contribution in [-0.4, -0.2) is 54.1 Å². The predicted octanol–water partition coefficient (Wildman–Crippen LogP) is 2.57. The van der Waals surface area contributed by atoms with Gasteiger partial charge in [-0.3, -0.25) is 9.69 Å². The Hall–Kier alpha value is -2.40. The zero-order chi connectivity index (χ0) is 18.1. The lowest BCUT2D eigenvalue weighted by atomic mass is 10.1. The van der Waals surface area contributed by atoms with E-state index in [2.05, 4.69) is 39.9 Å². The summed E-state index contributed by atoms with van der Waals surface area (Å²) in [6, 6.07) is 14.4. The van der Waals surface area contributed by atoms with E-state index in [1.807, 2.05) is 42.3 Å². The van der Waals surface area contributed by atoms with E-state index in [0.717, 1.165) is 44.1 Å². The van der Waals surface area contributed by atoms with E-state index < -0.39 is 0 Å². The third-order valence-electron chi connectivity index (χ3n) is 5.64. The van der Waals surface area contributed by atoms with E-state index in [-0.39, 0.29) is 18.0 Å². The van der Waals surface area contributed by atoms with Crippen molar-refractivity contribution in [1.29, 1.82) is 0 Å². The van der Waals surface area contributed by atoms with E-state index in [1.54, 1.807) is 0 Å². The summed E-state index contributed by atoms with van der Waals surface area (Å²) in [6.07, 6.45) is 2.78. The molecule has 0 N–H and O–H groups in total. The van der Waals surface area contributed by atoms with Gasteiger partial charge in [0.05, 0.1) is 6.04 Å². The maximum Gasteiger partial charge on any atom is 0.244 e. The van der Waals surface area contributed by atoms with E-state index in [1.165, 1.54) is 5.56 Å². The van der Waals surface area contributed by atoms with Crippen molar-refractivity contribution in [3.8, 4) is 0 Å². The number of piperazine rings is 1. The van der Waals surface area contributed by atoms with E-state index in [0.29, 0.717) is 0 Å². The number of pyridine rings is 1. The molecule has 2 aliphatic heterocycles. The summed E-state index contributed by atoms with van der Waals surface area (Å²) in [7, 11) is 0. The van der Waals surface area contributed by atoms with E-state index >= 15 is 0 Å². The summed E-state index contributed by atoms with van der Waals surface area (Å²) < 4.78 is 0. The number of nitrogens with zero attached hydrogens (tertiary/aromatic N) is 4. The van der Waals surface area contributed by atoms with Gasteiger partial charge in [0.25, 0.3) is 0 Å². The molecule has 0 spiro atoms. The lowest BCUT2D eigenvalue weighted by Crippen LogP contribution is -2.55. The summed E-state index contributed by atoms with van der Waals surface area (Å²) in [5.74, 6) is 1.24. The molecule has 1 aromatic heterocycles. The van der Waals surface area contributed by atoms with Crippen molar-refractivity contribution in [2.24, 2.45) is 0 Å². The fourth-order valence-electron chi connectivity index (χ4n) is 4.14. The van der Waals surface area contributed by atoms with Gasteiger partial charge < -0.3 is 9.80 Å². The molecule has 0 bridgehead atoms. The van der Waals surface area contributed by atoms with E-state index in [4.69, 9.17) is 0 Å². The van der Waals surface area contributed by atoms with Crippen LogP contribution in [0, 0.1) is 0 Å². The van der Waals surface area contributed by atoms with Gasteiger partial charge >= 0.3 is 0 Å². The Balaban J connectivity index is 1.42. The monoisotopic (exact) mass is 350 g/mol. The first-order chi connectivity index (χ1) is 12.6. The minimum Gasteiger partial charge on any atom is -0.354 e. The molecule has 136 valence electrons. The highest BCUT2D eigenvalue weighted by Gasteiger charge is 2.35. The smallest absolute Gasteiger partial charge is 0.244 e. The molecule has 1 amide bonds. The van der Waals surface area contributed by atoms with Crippen LogP contribution in [-0.2, 0) is 11.2 Å². The lowest BCUT2D eigenvalue weighted by molar-refractivity contribution is -0.123. The maximum atomic E-state index is 13.2. The standard InChI is InChI=1S/C21H26N4O/c1-16-15-18-7-3-4-8-19(18)25(16)21(26)17(2)23-11-13-24(14-12-23)20-9-5-6-10-22-20/h3-10,16-17H,11-15H2,1-2H3/t16-,17+/m0/s1. The Morgan fingerprint density at radius 1 is 1.08 bits per heavy atom. The molecular formula is C21H26N4O. The van der Waals surface area contributed by atoms with Crippen LogP contribution in [0.25, 0.3) is 0 Å². The minimum absolute atomic E-state index is 0.102. The quantitative estimate of drug-likeness (QED) is 0.853. The summed E-state index contributed by atoms with van der Waals surface area (Å²) in [5, 5.41) is 0. The second-order valence-electron chi connectivity index (χ2n) is 7.28. The van der Waals surface area contributed by atoms with Crippen molar-refractivity contribution in [3.63, 3.8) is 0 Å². The highest BCUT2D eigenvalue weighted by atomic mass is 16.2. The maximum absolute atomic E-state index is 13.2. The molecule has 2 aromatic rings. The van der Waals surface area contributed by atoms with Crippen molar-refractivity contribution in [3.05, 3.63) is 54.2 Å². The first-order valence-corrected chi connectivity index (χ1v) is 9.46. The average Bonchev–Trinajstić information content (AvgIpc) is 3.03. The fraction of sp³-hybridized carbons (Fsp3) is 0.429. The number of hydrogen-bond donors (Lipinski definition) is 0. The topological polar surface area (TPSA) is 39.7 Å². The number of hydrogen-bond acceptors (Lipinski definition) is 4. The van der Waals surface area contributed by atoms with Gasteiger partial charge in [0, 0.05) is 44.1 Å². The van der Waals surface area contributed by atoms with Gasteiger partial charge in [-0.1, -0.05) is 24.3 Å². The van der Waals surface area contributed by atoms with Gasteiger partial charge in [-0.15, -0.1) is 0 Å². The van der Waals surface area contributed by atoms with Crippen LogP contribution < -0.4 is 9.80 Å². The number of para-hydroxylation sites is 1. The van der Waals surface area contributed by atoms with Crippen molar-refractivity contribution < 1.29 is 4.79 Å². The zero-order valence-electron chi connectivity index (χ0n) is 15.5. The molecule has 1 fully saturated rings. The lowest BCUT2D eigenvalue weighted by Gasteiger charge is -2.39. The molecule has 0 saturated carbocycles. The third kappa shape index (κ3) is 3.07. The second-order valence-corrected chi connectivity index (χ2v) is 7.28. The Labute approximate surface area is 155 Å². The second kappa shape index (κ2) is 7.08. The Bertz CT molecular complexity index is 771. The number of fused-ring (bicyclic) bond motifs is 1. The zero-order valence-corrected chi connectivity index (χ0v) is 15.5. The Morgan fingerprint density at radius 3 is 2.54 bits per heavy atom. The van der Waals surface area contributed by atoms with Gasteiger partial charge in [0.2, 0.25) is 5.91 Å². The Kier molecular flexibility index (Phi) is 4.64. The van der Waals surface area contributed by atoms with Crippen LogP contribution in [0.1, 0.15) is 19.4 Å². The number of aromatic nitrogens is 1. The van der Waals surface area contributed by atoms with Crippen molar-refractivity contribution in [2.45, 2.75) is 32.4 Å². The molecule has 2 atom stereocenters. The molecule has 0 aliphatic carbocycles. The average molecular weight is 350 g/mol. The minimum atomic E-state index is -0.102.